The lowest BCUT2D eigenvalue weighted by molar-refractivity contribution is 0.475. The fraction of sp³-hybridized carbons (Fsp3) is 0.143. The van der Waals surface area contributed by atoms with Crippen LogP contribution in [0, 0.1) is 5.82 Å². The summed E-state index contributed by atoms with van der Waals surface area (Å²) in [6, 6.07) is 9.11. The van der Waals surface area contributed by atoms with Gasteiger partial charge >= 0.3 is 0 Å². The number of rotatable bonds is 3. The number of benzene rings is 2. The summed E-state index contributed by atoms with van der Waals surface area (Å²) >= 11 is 11.9. The fourth-order valence-electron chi connectivity index (χ4n) is 1.74. The second-order valence-electron chi connectivity index (χ2n) is 4.20. The van der Waals surface area contributed by atoms with Gasteiger partial charge in [-0.3, -0.25) is 0 Å². The number of hydrogen-bond donors (Lipinski definition) is 2. The average molecular weight is 300 g/mol. The molecular weight excluding hydrogens is 288 g/mol. The molecule has 0 aromatic heterocycles. The molecule has 0 saturated carbocycles. The van der Waals surface area contributed by atoms with Gasteiger partial charge in [0.15, 0.2) is 0 Å². The molecule has 2 rings (SSSR count). The first-order valence-corrected chi connectivity index (χ1v) is 6.43. The smallest absolute Gasteiger partial charge is 0.126 e. The maximum atomic E-state index is 13.1. The summed E-state index contributed by atoms with van der Waals surface area (Å²) < 4.78 is 13.1. The van der Waals surface area contributed by atoms with E-state index in [9.17, 15) is 9.50 Å². The van der Waals surface area contributed by atoms with Crippen molar-refractivity contribution in [2.24, 2.45) is 0 Å². The Morgan fingerprint density at radius 3 is 2.16 bits per heavy atom. The highest BCUT2D eigenvalue weighted by atomic mass is 35.5. The Hall–Kier alpha value is -1.45. The SMILES string of the molecule is CC(Nc1c(Cl)cc(F)cc1Cl)c1ccc(O)cc1. The highest BCUT2D eigenvalue weighted by Gasteiger charge is 2.12. The van der Waals surface area contributed by atoms with Crippen LogP contribution in [0.1, 0.15) is 18.5 Å². The number of phenols is 1. The molecule has 0 radical (unpaired) electrons. The van der Waals surface area contributed by atoms with Crippen LogP contribution in [0.3, 0.4) is 0 Å². The van der Waals surface area contributed by atoms with Crippen LogP contribution in [-0.4, -0.2) is 5.11 Å². The summed E-state index contributed by atoms with van der Waals surface area (Å²) in [5.74, 6) is -0.272. The maximum Gasteiger partial charge on any atom is 0.126 e. The molecule has 19 heavy (non-hydrogen) atoms. The van der Waals surface area contributed by atoms with E-state index in [1.165, 1.54) is 12.1 Å². The molecule has 1 unspecified atom stereocenters. The first kappa shape index (κ1) is 14.0. The van der Waals surface area contributed by atoms with E-state index in [-0.39, 0.29) is 21.8 Å². The van der Waals surface area contributed by atoms with Gasteiger partial charge in [-0.25, -0.2) is 4.39 Å². The Kier molecular flexibility index (Phi) is 4.17. The van der Waals surface area contributed by atoms with Gasteiger partial charge < -0.3 is 10.4 Å². The number of anilines is 1. The van der Waals surface area contributed by atoms with Crippen LogP contribution in [0.5, 0.6) is 5.75 Å². The number of hydrogen-bond acceptors (Lipinski definition) is 2. The molecule has 0 spiro atoms. The minimum atomic E-state index is -0.474. The molecule has 0 saturated heterocycles. The lowest BCUT2D eigenvalue weighted by Gasteiger charge is -2.18. The third kappa shape index (κ3) is 3.31. The van der Waals surface area contributed by atoms with Gasteiger partial charge in [-0.1, -0.05) is 35.3 Å². The molecule has 100 valence electrons. The molecule has 2 N–H and O–H groups in total. The van der Waals surface area contributed by atoms with Crippen LogP contribution in [-0.2, 0) is 0 Å². The number of aromatic hydroxyl groups is 1. The third-order valence-electron chi connectivity index (χ3n) is 2.76. The molecule has 1 atom stereocenters. The molecule has 2 nitrogen and oxygen atoms in total. The van der Waals surface area contributed by atoms with E-state index in [0.717, 1.165) is 5.56 Å². The van der Waals surface area contributed by atoms with Gasteiger partial charge in [0.05, 0.1) is 15.7 Å². The van der Waals surface area contributed by atoms with Crippen LogP contribution in [0.4, 0.5) is 10.1 Å². The molecular formula is C14H12Cl2FNO. The molecule has 0 aliphatic carbocycles. The predicted octanol–water partition coefficient (Wildman–Crippen LogP) is 5.01. The predicted molar refractivity (Wildman–Crippen MR) is 76.6 cm³/mol. The quantitative estimate of drug-likeness (QED) is 0.835. The van der Waals surface area contributed by atoms with E-state index in [4.69, 9.17) is 23.2 Å². The third-order valence-corrected chi connectivity index (χ3v) is 3.36. The molecule has 0 bridgehead atoms. The summed E-state index contributed by atoms with van der Waals surface area (Å²) in [5, 5.41) is 12.8. The molecule has 0 amide bonds. The van der Waals surface area contributed by atoms with Gasteiger partial charge in [0, 0.05) is 6.04 Å². The van der Waals surface area contributed by atoms with Crippen molar-refractivity contribution in [1.29, 1.82) is 0 Å². The Bertz CT molecular complexity index is 563. The fourth-order valence-corrected chi connectivity index (χ4v) is 2.31. The highest BCUT2D eigenvalue weighted by molar-refractivity contribution is 6.39. The van der Waals surface area contributed by atoms with Gasteiger partial charge in [0.25, 0.3) is 0 Å². The summed E-state index contributed by atoms with van der Waals surface area (Å²) in [6.07, 6.45) is 0. The Morgan fingerprint density at radius 2 is 1.63 bits per heavy atom. The molecule has 2 aromatic rings. The van der Waals surface area contributed by atoms with Crippen molar-refractivity contribution in [3.63, 3.8) is 0 Å². The summed E-state index contributed by atoms with van der Waals surface area (Å²) in [6.45, 7) is 1.92. The number of halogens is 3. The standard InChI is InChI=1S/C14H12Cl2FNO/c1-8(9-2-4-11(19)5-3-9)18-14-12(15)6-10(17)7-13(14)16/h2-8,18-19H,1H3. The molecule has 5 heteroatoms. The molecule has 2 aromatic carbocycles. The zero-order chi connectivity index (χ0) is 14.0. The lowest BCUT2D eigenvalue weighted by Crippen LogP contribution is -2.07. The number of nitrogens with one attached hydrogen (secondary N) is 1. The van der Waals surface area contributed by atoms with Crippen molar-refractivity contribution in [2.75, 3.05) is 5.32 Å². The summed E-state index contributed by atoms with van der Waals surface area (Å²) in [5.41, 5.74) is 1.44. The van der Waals surface area contributed by atoms with Crippen LogP contribution in [0.2, 0.25) is 10.0 Å². The second kappa shape index (κ2) is 5.68. The summed E-state index contributed by atoms with van der Waals surface area (Å²) in [4.78, 5) is 0. The maximum absolute atomic E-state index is 13.1. The minimum Gasteiger partial charge on any atom is -0.508 e. The monoisotopic (exact) mass is 299 g/mol. The first-order valence-electron chi connectivity index (χ1n) is 5.67. The normalized spacial score (nSPS) is 12.2. The van der Waals surface area contributed by atoms with Crippen molar-refractivity contribution in [1.82, 2.24) is 0 Å². The molecule has 0 heterocycles. The molecule has 0 aliphatic heterocycles. The zero-order valence-electron chi connectivity index (χ0n) is 10.1. The Morgan fingerprint density at radius 1 is 1.11 bits per heavy atom. The van der Waals surface area contributed by atoms with Crippen LogP contribution in [0.25, 0.3) is 0 Å². The van der Waals surface area contributed by atoms with Gasteiger partial charge in [-0.2, -0.15) is 0 Å². The Labute approximate surface area is 120 Å². The average Bonchev–Trinajstić information content (AvgIpc) is 2.34. The second-order valence-corrected chi connectivity index (χ2v) is 5.02. The van der Waals surface area contributed by atoms with Crippen molar-refractivity contribution >= 4 is 28.9 Å². The van der Waals surface area contributed by atoms with Crippen LogP contribution >= 0.6 is 23.2 Å². The van der Waals surface area contributed by atoms with Gasteiger partial charge in [0.1, 0.15) is 11.6 Å². The highest BCUT2D eigenvalue weighted by Crippen LogP contribution is 2.34. The Balaban J connectivity index is 2.24. The van der Waals surface area contributed by atoms with E-state index >= 15 is 0 Å². The van der Waals surface area contributed by atoms with Crippen molar-refractivity contribution in [2.45, 2.75) is 13.0 Å². The van der Waals surface area contributed by atoms with E-state index < -0.39 is 5.82 Å². The van der Waals surface area contributed by atoms with Gasteiger partial charge in [-0.15, -0.1) is 0 Å². The van der Waals surface area contributed by atoms with E-state index in [1.54, 1.807) is 24.3 Å². The van der Waals surface area contributed by atoms with Gasteiger partial charge in [0.2, 0.25) is 0 Å². The minimum absolute atomic E-state index is 0.0824. The largest absolute Gasteiger partial charge is 0.508 e. The van der Waals surface area contributed by atoms with Crippen molar-refractivity contribution in [3.05, 3.63) is 57.8 Å². The summed E-state index contributed by atoms with van der Waals surface area (Å²) in [7, 11) is 0. The van der Waals surface area contributed by atoms with E-state index in [1.807, 2.05) is 6.92 Å². The topological polar surface area (TPSA) is 32.3 Å². The van der Waals surface area contributed by atoms with Crippen LogP contribution < -0.4 is 5.32 Å². The number of phenolic OH excluding ortho intramolecular Hbond substituents is 1. The van der Waals surface area contributed by atoms with Crippen molar-refractivity contribution < 1.29 is 9.50 Å². The van der Waals surface area contributed by atoms with Crippen LogP contribution in [0.15, 0.2) is 36.4 Å². The first-order chi connectivity index (χ1) is 8.97. The van der Waals surface area contributed by atoms with Gasteiger partial charge in [-0.05, 0) is 36.8 Å². The van der Waals surface area contributed by atoms with Crippen molar-refractivity contribution in [3.8, 4) is 5.75 Å². The molecule has 0 aliphatic rings. The molecule has 0 fully saturated rings. The zero-order valence-corrected chi connectivity index (χ0v) is 11.6. The van der Waals surface area contributed by atoms with E-state index in [2.05, 4.69) is 5.32 Å². The van der Waals surface area contributed by atoms with E-state index in [0.29, 0.717) is 5.69 Å². The lowest BCUT2D eigenvalue weighted by atomic mass is 10.1.